The first-order valence-electron chi connectivity index (χ1n) is 8.67. The number of hydrogen-bond donors (Lipinski definition) is 1. The van der Waals surface area contributed by atoms with Crippen LogP contribution in [0.3, 0.4) is 0 Å². The van der Waals surface area contributed by atoms with Gasteiger partial charge in [0, 0.05) is 56.9 Å². The van der Waals surface area contributed by atoms with Crippen LogP contribution in [0.5, 0.6) is 0 Å². The van der Waals surface area contributed by atoms with Crippen LogP contribution in [0.1, 0.15) is 34.1 Å². The molecule has 0 aromatic carbocycles. The smallest absolute Gasteiger partial charge is 0.0278 e. The van der Waals surface area contributed by atoms with Crippen molar-refractivity contribution in [3.63, 3.8) is 0 Å². The lowest BCUT2D eigenvalue weighted by molar-refractivity contribution is 0.0519. The first-order chi connectivity index (χ1) is 9.79. The van der Waals surface area contributed by atoms with E-state index in [0.29, 0.717) is 12.1 Å². The molecule has 1 N–H and O–H groups in total. The van der Waals surface area contributed by atoms with E-state index in [9.17, 15) is 0 Å². The summed E-state index contributed by atoms with van der Waals surface area (Å²) >= 11 is 0. The minimum atomic E-state index is 0.258. The molecule has 4 heteroatoms. The van der Waals surface area contributed by atoms with Crippen molar-refractivity contribution in [1.29, 1.82) is 0 Å². The fourth-order valence-corrected chi connectivity index (χ4v) is 3.73. The Morgan fingerprint density at radius 3 is 2.29 bits per heavy atom. The highest BCUT2D eigenvalue weighted by Gasteiger charge is 2.33. The third-order valence-electron chi connectivity index (χ3n) is 5.77. The quantitative estimate of drug-likeness (QED) is 0.845. The van der Waals surface area contributed by atoms with Gasteiger partial charge in [-0.3, -0.25) is 4.90 Å². The minimum Gasteiger partial charge on any atom is -0.312 e. The maximum absolute atomic E-state index is 3.89. The number of piperidine rings is 1. The van der Waals surface area contributed by atoms with Crippen LogP contribution >= 0.6 is 0 Å². The van der Waals surface area contributed by atoms with Crippen molar-refractivity contribution in [3.05, 3.63) is 0 Å². The summed E-state index contributed by atoms with van der Waals surface area (Å²) in [5.41, 5.74) is 0.258. The van der Waals surface area contributed by atoms with Crippen LogP contribution in [0.2, 0.25) is 0 Å². The van der Waals surface area contributed by atoms with Crippen LogP contribution in [0, 0.1) is 5.92 Å². The van der Waals surface area contributed by atoms with Crippen LogP contribution in [0.4, 0.5) is 0 Å². The Bertz CT molecular complexity index is 323. The van der Waals surface area contributed by atoms with Crippen LogP contribution in [0.15, 0.2) is 0 Å². The van der Waals surface area contributed by atoms with E-state index in [1.165, 1.54) is 39.1 Å². The Hall–Kier alpha value is -0.160. The van der Waals surface area contributed by atoms with Gasteiger partial charge < -0.3 is 15.1 Å². The van der Waals surface area contributed by atoms with E-state index < -0.39 is 0 Å². The van der Waals surface area contributed by atoms with Crippen molar-refractivity contribution in [2.24, 2.45) is 5.92 Å². The Balaban J connectivity index is 1.83. The van der Waals surface area contributed by atoms with E-state index in [1.807, 2.05) is 0 Å². The second-order valence-electron chi connectivity index (χ2n) is 8.09. The van der Waals surface area contributed by atoms with Crippen LogP contribution in [-0.4, -0.2) is 85.7 Å². The van der Waals surface area contributed by atoms with Crippen molar-refractivity contribution >= 4 is 0 Å². The van der Waals surface area contributed by atoms with Gasteiger partial charge in [0.2, 0.25) is 0 Å². The van der Waals surface area contributed by atoms with Gasteiger partial charge >= 0.3 is 0 Å². The molecule has 3 unspecified atom stereocenters. The molecular formula is C17H36N4. The van der Waals surface area contributed by atoms with Gasteiger partial charge in [-0.25, -0.2) is 0 Å². The molecule has 0 saturated carbocycles. The van der Waals surface area contributed by atoms with Gasteiger partial charge in [-0.05, 0) is 47.2 Å². The van der Waals surface area contributed by atoms with Gasteiger partial charge in [-0.2, -0.15) is 0 Å². The molecule has 3 atom stereocenters. The molecule has 0 aliphatic carbocycles. The largest absolute Gasteiger partial charge is 0.312 e. The predicted molar refractivity (Wildman–Crippen MR) is 90.8 cm³/mol. The SMILES string of the molecule is CC1CN(C)C(C)CC1NCC(C)(C)N1CCN(C)CC1. The van der Waals surface area contributed by atoms with Gasteiger partial charge in [0.15, 0.2) is 0 Å². The lowest BCUT2D eigenvalue weighted by Gasteiger charge is -2.46. The Labute approximate surface area is 131 Å². The van der Waals surface area contributed by atoms with Gasteiger partial charge in [-0.1, -0.05) is 6.92 Å². The second-order valence-corrected chi connectivity index (χ2v) is 8.09. The highest BCUT2D eigenvalue weighted by molar-refractivity contribution is 4.91. The first-order valence-corrected chi connectivity index (χ1v) is 8.67. The molecule has 2 saturated heterocycles. The molecule has 2 aliphatic rings. The van der Waals surface area contributed by atoms with Crippen molar-refractivity contribution < 1.29 is 0 Å². The van der Waals surface area contributed by atoms with Crippen molar-refractivity contribution in [2.75, 3.05) is 53.4 Å². The van der Waals surface area contributed by atoms with Crippen LogP contribution < -0.4 is 5.32 Å². The van der Waals surface area contributed by atoms with Gasteiger partial charge in [0.05, 0.1) is 0 Å². The lowest BCUT2D eigenvalue weighted by Crippen LogP contribution is -2.60. The van der Waals surface area contributed by atoms with E-state index >= 15 is 0 Å². The van der Waals surface area contributed by atoms with Gasteiger partial charge in [0.25, 0.3) is 0 Å². The zero-order valence-electron chi connectivity index (χ0n) is 15.0. The Morgan fingerprint density at radius 2 is 1.67 bits per heavy atom. The highest BCUT2D eigenvalue weighted by atomic mass is 15.3. The molecule has 124 valence electrons. The fourth-order valence-electron chi connectivity index (χ4n) is 3.73. The number of piperazine rings is 1. The van der Waals surface area contributed by atoms with Crippen molar-refractivity contribution in [1.82, 2.24) is 20.0 Å². The Morgan fingerprint density at radius 1 is 1.05 bits per heavy atom. The summed E-state index contributed by atoms with van der Waals surface area (Å²) in [6.45, 7) is 16.7. The molecule has 0 spiro atoms. The zero-order valence-corrected chi connectivity index (χ0v) is 15.0. The average molecular weight is 297 g/mol. The number of rotatable bonds is 4. The lowest BCUT2D eigenvalue weighted by atomic mass is 9.89. The van der Waals surface area contributed by atoms with E-state index in [2.05, 4.69) is 61.8 Å². The maximum atomic E-state index is 3.89. The van der Waals surface area contributed by atoms with E-state index in [1.54, 1.807) is 0 Å². The molecule has 2 heterocycles. The normalized spacial score (nSPS) is 34.3. The summed E-state index contributed by atoms with van der Waals surface area (Å²) < 4.78 is 0. The van der Waals surface area contributed by atoms with Gasteiger partial charge in [-0.15, -0.1) is 0 Å². The first kappa shape index (κ1) is 17.2. The summed E-state index contributed by atoms with van der Waals surface area (Å²) in [5, 5.41) is 3.89. The van der Waals surface area contributed by atoms with Crippen LogP contribution in [0.25, 0.3) is 0 Å². The zero-order chi connectivity index (χ0) is 15.6. The third kappa shape index (κ3) is 4.41. The maximum Gasteiger partial charge on any atom is 0.0278 e. The molecular weight excluding hydrogens is 260 g/mol. The number of likely N-dealkylation sites (tertiary alicyclic amines) is 1. The monoisotopic (exact) mass is 296 g/mol. The summed E-state index contributed by atoms with van der Waals surface area (Å²) in [4.78, 5) is 7.58. The molecule has 21 heavy (non-hydrogen) atoms. The molecule has 2 rings (SSSR count). The molecule has 0 aromatic rings. The van der Waals surface area contributed by atoms with Gasteiger partial charge in [0.1, 0.15) is 0 Å². The van der Waals surface area contributed by atoms with E-state index in [0.717, 1.165) is 12.5 Å². The van der Waals surface area contributed by atoms with Crippen molar-refractivity contribution in [3.8, 4) is 0 Å². The Kier molecular flexibility index (Phi) is 5.69. The highest BCUT2D eigenvalue weighted by Crippen LogP contribution is 2.22. The second kappa shape index (κ2) is 6.95. The topological polar surface area (TPSA) is 21.8 Å². The molecule has 0 radical (unpaired) electrons. The number of nitrogens with one attached hydrogen (secondary N) is 1. The number of nitrogens with zero attached hydrogens (tertiary/aromatic N) is 3. The summed E-state index contributed by atoms with van der Waals surface area (Å²) in [5.74, 6) is 0.745. The minimum absolute atomic E-state index is 0.258. The van der Waals surface area contributed by atoms with Crippen molar-refractivity contribution in [2.45, 2.75) is 51.7 Å². The summed E-state index contributed by atoms with van der Waals surface area (Å²) in [6.07, 6.45) is 1.27. The average Bonchev–Trinajstić information content (AvgIpc) is 2.42. The predicted octanol–water partition coefficient (Wildman–Crippen LogP) is 1.33. The standard InChI is InChI=1S/C17H36N4/c1-14-12-20(6)15(2)11-16(14)18-13-17(3,4)21-9-7-19(5)8-10-21/h14-16,18H,7-13H2,1-6H3. The van der Waals surface area contributed by atoms with E-state index in [-0.39, 0.29) is 5.54 Å². The molecule has 0 bridgehead atoms. The molecule has 2 aliphatic heterocycles. The summed E-state index contributed by atoms with van der Waals surface area (Å²) in [7, 11) is 4.48. The molecule has 2 fully saturated rings. The molecule has 0 aromatic heterocycles. The molecule has 4 nitrogen and oxygen atoms in total. The fraction of sp³-hybridized carbons (Fsp3) is 1.00. The number of hydrogen-bond acceptors (Lipinski definition) is 4. The summed E-state index contributed by atoms with van der Waals surface area (Å²) in [6, 6.07) is 1.37. The third-order valence-corrected chi connectivity index (χ3v) is 5.77. The van der Waals surface area contributed by atoms with E-state index in [4.69, 9.17) is 0 Å². The molecule has 0 amide bonds. The van der Waals surface area contributed by atoms with Crippen LogP contribution in [-0.2, 0) is 0 Å². The number of likely N-dealkylation sites (N-methyl/N-ethyl adjacent to an activating group) is 1.